The van der Waals surface area contributed by atoms with E-state index in [0.717, 1.165) is 19.1 Å². The summed E-state index contributed by atoms with van der Waals surface area (Å²) in [5, 5.41) is 3.49. The van der Waals surface area contributed by atoms with Gasteiger partial charge in [-0.25, -0.2) is 0 Å². The highest BCUT2D eigenvalue weighted by Gasteiger charge is 2.16. The Morgan fingerprint density at radius 3 is 3.17 bits per heavy atom. The summed E-state index contributed by atoms with van der Waals surface area (Å²) >= 11 is 0. The van der Waals surface area contributed by atoms with Crippen molar-refractivity contribution in [2.75, 3.05) is 19.6 Å². The molecule has 1 saturated heterocycles. The van der Waals surface area contributed by atoms with Crippen molar-refractivity contribution in [1.82, 2.24) is 15.2 Å². The van der Waals surface area contributed by atoms with Gasteiger partial charge in [-0.2, -0.15) is 0 Å². The fraction of sp³-hybridized carbons (Fsp3) is 0.667. The minimum absolute atomic E-state index is 0.789. The minimum atomic E-state index is 0.789. The molecule has 1 aromatic heterocycles. The summed E-state index contributed by atoms with van der Waals surface area (Å²) in [4.78, 5) is 6.75. The Kier molecular flexibility index (Phi) is 5.62. The number of piperidine rings is 1. The molecule has 0 spiro atoms. The van der Waals surface area contributed by atoms with Gasteiger partial charge < -0.3 is 10.2 Å². The molecule has 1 aromatic rings. The van der Waals surface area contributed by atoms with E-state index >= 15 is 0 Å². The lowest BCUT2D eigenvalue weighted by atomic mass is 10.0. The fourth-order valence-electron chi connectivity index (χ4n) is 2.63. The second-order valence-corrected chi connectivity index (χ2v) is 5.27. The van der Waals surface area contributed by atoms with Crippen LogP contribution in [-0.4, -0.2) is 35.6 Å². The zero-order valence-corrected chi connectivity index (χ0v) is 11.4. The summed E-state index contributed by atoms with van der Waals surface area (Å²) < 4.78 is 0. The lowest BCUT2D eigenvalue weighted by molar-refractivity contribution is 0.159. The van der Waals surface area contributed by atoms with Gasteiger partial charge in [-0.3, -0.25) is 4.98 Å². The van der Waals surface area contributed by atoms with Gasteiger partial charge in [0.15, 0.2) is 0 Å². The van der Waals surface area contributed by atoms with E-state index in [1.807, 2.05) is 18.5 Å². The molecule has 2 rings (SSSR count). The molecule has 2 heterocycles. The molecule has 0 aliphatic carbocycles. The molecule has 0 saturated carbocycles. The molecule has 0 aromatic carbocycles. The fourth-order valence-corrected chi connectivity index (χ4v) is 2.63. The first-order valence-electron chi connectivity index (χ1n) is 7.20. The maximum Gasteiger partial charge on any atom is 0.0312 e. The maximum absolute atomic E-state index is 4.12. The third kappa shape index (κ3) is 4.39. The first-order chi connectivity index (χ1) is 8.86. The lowest BCUT2D eigenvalue weighted by Crippen LogP contribution is -2.38. The van der Waals surface area contributed by atoms with Crippen molar-refractivity contribution in [1.29, 1.82) is 0 Å². The van der Waals surface area contributed by atoms with Gasteiger partial charge in [-0.1, -0.05) is 12.5 Å². The molecular weight excluding hydrogens is 222 g/mol. The van der Waals surface area contributed by atoms with Crippen molar-refractivity contribution in [3.63, 3.8) is 0 Å². The van der Waals surface area contributed by atoms with E-state index in [1.165, 1.54) is 44.3 Å². The van der Waals surface area contributed by atoms with Gasteiger partial charge in [-0.05, 0) is 57.5 Å². The maximum atomic E-state index is 4.12. The van der Waals surface area contributed by atoms with Crippen LogP contribution in [0.1, 0.15) is 38.2 Å². The van der Waals surface area contributed by atoms with Crippen molar-refractivity contribution in [3.8, 4) is 0 Å². The zero-order chi connectivity index (χ0) is 12.6. The highest BCUT2D eigenvalue weighted by molar-refractivity contribution is 5.07. The Morgan fingerprint density at radius 2 is 2.39 bits per heavy atom. The Morgan fingerprint density at radius 1 is 1.44 bits per heavy atom. The third-order valence-corrected chi connectivity index (χ3v) is 3.79. The predicted molar refractivity (Wildman–Crippen MR) is 75.4 cm³/mol. The summed E-state index contributed by atoms with van der Waals surface area (Å²) in [5.74, 6) is 0. The molecule has 1 fully saturated rings. The molecule has 1 aliphatic heterocycles. The topological polar surface area (TPSA) is 28.2 Å². The molecular formula is C15H25N3. The van der Waals surface area contributed by atoms with Crippen molar-refractivity contribution in [3.05, 3.63) is 30.1 Å². The van der Waals surface area contributed by atoms with Crippen molar-refractivity contribution in [2.45, 2.75) is 45.2 Å². The summed E-state index contributed by atoms with van der Waals surface area (Å²) in [6.07, 6.45) is 9.17. The van der Waals surface area contributed by atoms with Gasteiger partial charge in [0.2, 0.25) is 0 Å². The van der Waals surface area contributed by atoms with Crippen LogP contribution in [0.15, 0.2) is 24.5 Å². The van der Waals surface area contributed by atoms with Crippen LogP contribution in [0.4, 0.5) is 0 Å². The smallest absolute Gasteiger partial charge is 0.0312 e. The summed E-state index contributed by atoms with van der Waals surface area (Å²) in [5.41, 5.74) is 1.27. The molecule has 3 nitrogen and oxygen atoms in total. The van der Waals surface area contributed by atoms with Gasteiger partial charge in [0.25, 0.3) is 0 Å². The van der Waals surface area contributed by atoms with Crippen LogP contribution < -0.4 is 5.32 Å². The molecule has 18 heavy (non-hydrogen) atoms. The van der Waals surface area contributed by atoms with E-state index in [9.17, 15) is 0 Å². The van der Waals surface area contributed by atoms with Crippen LogP contribution in [0.3, 0.4) is 0 Å². The van der Waals surface area contributed by atoms with E-state index in [-0.39, 0.29) is 0 Å². The Hall–Kier alpha value is -0.930. The molecule has 100 valence electrons. The van der Waals surface area contributed by atoms with Crippen LogP contribution in [0.2, 0.25) is 0 Å². The van der Waals surface area contributed by atoms with Crippen molar-refractivity contribution in [2.24, 2.45) is 0 Å². The molecule has 3 heteroatoms. The number of pyridine rings is 1. The second-order valence-electron chi connectivity index (χ2n) is 5.27. The lowest BCUT2D eigenvalue weighted by Gasteiger charge is -2.33. The number of hydrogen-bond donors (Lipinski definition) is 1. The van der Waals surface area contributed by atoms with E-state index in [1.54, 1.807) is 0 Å². The molecule has 0 amide bonds. The second kappa shape index (κ2) is 7.49. The monoisotopic (exact) mass is 247 g/mol. The third-order valence-electron chi connectivity index (χ3n) is 3.79. The molecule has 0 radical (unpaired) electrons. The molecule has 0 bridgehead atoms. The Balaban J connectivity index is 1.56. The first-order valence-corrected chi connectivity index (χ1v) is 7.20. The number of rotatable bonds is 6. The van der Waals surface area contributed by atoms with Gasteiger partial charge in [0.05, 0.1) is 0 Å². The number of aromatic nitrogens is 1. The molecule has 1 atom stereocenters. The number of nitrogens with one attached hydrogen (secondary N) is 1. The summed E-state index contributed by atoms with van der Waals surface area (Å²) in [6.45, 7) is 6.93. The zero-order valence-electron chi connectivity index (χ0n) is 11.4. The number of nitrogens with zero attached hydrogens (tertiary/aromatic N) is 2. The quantitative estimate of drug-likeness (QED) is 0.783. The van der Waals surface area contributed by atoms with E-state index < -0.39 is 0 Å². The van der Waals surface area contributed by atoms with Crippen LogP contribution >= 0.6 is 0 Å². The Bertz CT molecular complexity index is 326. The van der Waals surface area contributed by atoms with Crippen molar-refractivity contribution >= 4 is 0 Å². The van der Waals surface area contributed by atoms with Crippen LogP contribution in [0, 0.1) is 0 Å². The summed E-state index contributed by atoms with van der Waals surface area (Å²) in [7, 11) is 0. The number of likely N-dealkylation sites (tertiary alicyclic amines) is 1. The highest BCUT2D eigenvalue weighted by atomic mass is 15.2. The predicted octanol–water partition coefficient (Wildman–Crippen LogP) is 2.44. The van der Waals surface area contributed by atoms with Gasteiger partial charge in [-0.15, -0.1) is 0 Å². The van der Waals surface area contributed by atoms with Crippen LogP contribution in [-0.2, 0) is 6.54 Å². The average Bonchev–Trinajstić information content (AvgIpc) is 2.42. The average molecular weight is 247 g/mol. The summed E-state index contributed by atoms with van der Waals surface area (Å²) in [6, 6.07) is 4.90. The molecule has 1 aliphatic rings. The Labute approximate surface area is 111 Å². The van der Waals surface area contributed by atoms with E-state index in [0.29, 0.717) is 0 Å². The van der Waals surface area contributed by atoms with Crippen molar-refractivity contribution < 1.29 is 0 Å². The molecule has 1 unspecified atom stereocenters. The van der Waals surface area contributed by atoms with Gasteiger partial charge in [0.1, 0.15) is 0 Å². The number of hydrogen-bond acceptors (Lipinski definition) is 3. The largest absolute Gasteiger partial charge is 0.313 e. The first kappa shape index (κ1) is 13.5. The van der Waals surface area contributed by atoms with E-state index in [2.05, 4.69) is 28.2 Å². The van der Waals surface area contributed by atoms with Crippen LogP contribution in [0.5, 0.6) is 0 Å². The SMILES string of the molecule is CC1CCCCN1CCCNCc1cccnc1. The highest BCUT2D eigenvalue weighted by Crippen LogP contribution is 2.15. The van der Waals surface area contributed by atoms with Crippen LogP contribution in [0.25, 0.3) is 0 Å². The minimum Gasteiger partial charge on any atom is -0.313 e. The van der Waals surface area contributed by atoms with E-state index in [4.69, 9.17) is 0 Å². The van der Waals surface area contributed by atoms with Gasteiger partial charge in [0, 0.05) is 25.0 Å². The molecule has 1 N–H and O–H groups in total. The van der Waals surface area contributed by atoms with Gasteiger partial charge >= 0.3 is 0 Å². The standard InChI is InChI=1S/C15H25N3/c1-14-6-2-3-10-18(14)11-5-9-17-13-15-7-4-8-16-12-15/h4,7-8,12,14,17H,2-3,5-6,9-11,13H2,1H3. The normalized spacial score (nSPS) is 21.1.